The van der Waals surface area contributed by atoms with Gasteiger partial charge in [0, 0.05) is 13.0 Å². The lowest BCUT2D eigenvalue weighted by Gasteiger charge is -2.37. The summed E-state index contributed by atoms with van der Waals surface area (Å²) in [4.78, 5) is 36.1. The molecule has 0 saturated carbocycles. The Morgan fingerprint density at radius 3 is 2.83 bits per heavy atom. The first kappa shape index (κ1) is 17.6. The summed E-state index contributed by atoms with van der Waals surface area (Å²) in [5, 5.41) is 24.6. The van der Waals surface area contributed by atoms with Crippen LogP contribution in [0.4, 0.5) is 0 Å². The predicted octanol–water partition coefficient (Wildman–Crippen LogP) is -2.30. The molecule has 5 atom stereocenters. The van der Waals surface area contributed by atoms with Gasteiger partial charge in [0.25, 0.3) is 0 Å². The van der Waals surface area contributed by atoms with Gasteiger partial charge in [-0.2, -0.15) is 0 Å². The van der Waals surface area contributed by atoms with Gasteiger partial charge in [-0.05, 0) is 19.8 Å². The van der Waals surface area contributed by atoms with Crippen molar-refractivity contribution in [1.82, 2.24) is 15.5 Å². The molecule has 5 unspecified atom stereocenters. The smallest absolute Gasteiger partial charge is 0.243 e. The molecular formula is C14H23N3O6. The van der Waals surface area contributed by atoms with Gasteiger partial charge in [0.05, 0.1) is 18.7 Å². The summed E-state index contributed by atoms with van der Waals surface area (Å²) in [5.74, 6) is -0.692. The third kappa shape index (κ3) is 4.18. The summed E-state index contributed by atoms with van der Waals surface area (Å²) < 4.78 is 5.09. The summed E-state index contributed by atoms with van der Waals surface area (Å²) >= 11 is 0. The number of carbonyl (C=O) groups is 3. The molecule has 2 aliphatic rings. The summed E-state index contributed by atoms with van der Waals surface area (Å²) in [5.41, 5.74) is 0. The second-order valence-corrected chi connectivity index (χ2v) is 5.88. The van der Waals surface area contributed by atoms with Crippen molar-refractivity contribution < 1.29 is 29.3 Å². The third-order valence-electron chi connectivity index (χ3n) is 4.26. The molecule has 2 rings (SSSR count). The number of hydrogen-bond donors (Lipinski definition) is 4. The van der Waals surface area contributed by atoms with Crippen LogP contribution in [0.1, 0.15) is 26.2 Å². The maximum Gasteiger partial charge on any atom is 0.243 e. The Balaban J connectivity index is 1.96. The number of amides is 3. The van der Waals surface area contributed by atoms with Crippen LogP contribution in [0.25, 0.3) is 0 Å². The summed E-state index contributed by atoms with van der Waals surface area (Å²) in [7, 11) is 0. The molecule has 23 heavy (non-hydrogen) atoms. The number of ether oxygens (including phenoxy) is 1. The molecule has 0 aliphatic carbocycles. The van der Waals surface area contributed by atoms with Crippen LogP contribution in [0.2, 0.25) is 0 Å². The standard InChI is InChI=1S/C14H23N3O6/c1-8-13(21)9(5-12(20)23-8)16-14(22)10-3-2-4-17(10)11(19)6-15-7-18/h7-10,12-13,20-21H,2-6H2,1H3,(H,15,18)(H,16,22). The predicted molar refractivity (Wildman–Crippen MR) is 77.9 cm³/mol. The van der Waals surface area contributed by atoms with Crippen LogP contribution in [-0.2, 0) is 19.1 Å². The fourth-order valence-corrected chi connectivity index (χ4v) is 3.06. The number of aliphatic hydroxyl groups excluding tert-OH is 2. The number of nitrogens with one attached hydrogen (secondary N) is 2. The summed E-state index contributed by atoms with van der Waals surface area (Å²) in [6.45, 7) is 1.92. The molecule has 0 spiro atoms. The van der Waals surface area contributed by atoms with Crippen molar-refractivity contribution >= 4 is 18.2 Å². The van der Waals surface area contributed by atoms with Gasteiger partial charge >= 0.3 is 0 Å². The second-order valence-electron chi connectivity index (χ2n) is 5.88. The van der Waals surface area contributed by atoms with Gasteiger partial charge in [-0.1, -0.05) is 0 Å². The van der Waals surface area contributed by atoms with Crippen LogP contribution in [0, 0.1) is 0 Å². The van der Waals surface area contributed by atoms with Crippen molar-refractivity contribution in [2.45, 2.75) is 56.8 Å². The minimum absolute atomic E-state index is 0.0879. The largest absolute Gasteiger partial charge is 0.388 e. The molecule has 130 valence electrons. The lowest BCUT2D eigenvalue weighted by Crippen LogP contribution is -2.58. The van der Waals surface area contributed by atoms with Gasteiger partial charge in [0.15, 0.2) is 6.29 Å². The molecule has 0 bridgehead atoms. The summed E-state index contributed by atoms with van der Waals surface area (Å²) in [6, 6.07) is -1.26. The van der Waals surface area contributed by atoms with Crippen LogP contribution >= 0.6 is 0 Å². The number of aliphatic hydroxyl groups is 2. The molecule has 9 nitrogen and oxygen atoms in total. The maximum atomic E-state index is 12.4. The monoisotopic (exact) mass is 329 g/mol. The Labute approximate surface area is 134 Å². The molecular weight excluding hydrogens is 306 g/mol. The first-order valence-electron chi connectivity index (χ1n) is 7.72. The van der Waals surface area contributed by atoms with Crippen LogP contribution in [0.5, 0.6) is 0 Å². The first-order chi connectivity index (χ1) is 10.9. The van der Waals surface area contributed by atoms with E-state index >= 15 is 0 Å². The van der Waals surface area contributed by atoms with E-state index in [0.717, 1.165) is 0 Å². The molecule has 0 aromatic rings. The van der Waals surface area contributed by atoms with Crippen molar-refractivity contribution in [1.29, 1.82) is 0 Å². The lowest BCUT2D eigenvalue weighted by atomic mass is 9.99. The number of carbonyl (C=O) groups excluding carboxylic acids is 3. The van der Waals surface area contributed by atoms with E-state index in [9.17, 15) is 24.6 Å². The fraction of sp³-hybridized carbons (Fsp3) is 0.786. The maximum absolute atomic E-state index is 12.4. The van der Waals surface area contributed by atoms with E-state index in [1.165, 1.54) is 4.90 Å². The Hall–Kier alpha value is -1.71. The van der Waals surface area contributed by atoms with E-state index in [-0.39, 0.29) is 24.8 Å². The number of hydrogen-bond acceptors (Lipinski definition) is 6. The Kier molecular flexibility index (Phi) is 5.91. The molecule has 2 heterocycles. The minimum Gasteiger partial charge on any atom is -0.388 e. The zero-order valence-corrected chi connectivity index (χ0v) is 13.0. The molecule has 2 saturated heterocycles. The third-order valence-corrected chi connectivity index (χ3v) is 4.26. The first-order valence-corrected chi connectivity index (χ1v) is 7.72. The van der Waals surface area contributed by atoms with Gasteiger partial charge in [-0.3, -0.25) is 14.4 Å². The topological polar surface area (TPSA) is 128 Å². The van der Waals surface area contributed by atoms with Crippen LogP contribution in [0.15, 0.2) is 0 Å². The van der Waals surface area contributed by atoms with Crippen molar-refractivity contribution in [3.8, 4) is 0 Å². The highest BCUT2D eigenvalue weighted by Crippen LogP contribution is 2.21. The molecule has 3 amide bonds. The van der Waals surface area contributed by atoms with Crippen LogP contribution in [-0.4, -0.2) is 77.0 Å². The molecule has 2 fully saturated rings. The average Bonchev–Trinajstić information content (AvgIpc) is 2.99. The van der Waals surface area contributed by atoms with Gasteiger partial charge in [-0.15, -0.1) is 0 Å². The zero-order chi connectivity index (χ0) is 17.0. The molecule has 0 aromatic carbocycles. The minimum atomic E-state index is -1.04. The van der Waals surface area contributed by atoms with Gasteiger partial charge in [0.2, 0.25) is 18.2 Å². The van der Waals surface area contributed by atoms with Crippen LogP contribution in [0.3, 0.4) is 0 Å². The van der Waals surface area contributed by atoms with E-state index in [4.69, 9.17) is 4.74 Å². The molecule has 0 radical (unpaired) electrons. The summed E-state index contributed by atoms with van der Waals surface area (Å²) in [6.07, 6.45) is -0.825. The van der Waals surface area contributed by atoms with E-state index in [1.807, 2.05) is 0 Å². The lowest BCUT2D eigenvalue weighted by molar-refractivity contribution is -0.203. The molecule has 4 N–H and O–H groups in total. The highest BCUT2D eigenvalue weighted by Gasteiger charge is 2.39. The van der Waals surface area contributed by atoms with Crippen molar-refractivity contribution in [3.05, 3.63) is 0 Å². The quantitative estimate of drug-likeness (QED) is 0.420. The Morgan fingerprint density at radius 1 is 1.39 bits per heavy atom. The van der Waals surface area contributed by atoms with Crippen LogP contribution < -0.4 is 10.6 Å². The molecule has 9 heteroatoms. The van der Waals surface area contributed by atoms with E-state index in [0.29, 0.717) is 25.8 Å². The normalized spacial score (nSPS) is 34.0. The van der Waals surface area contributed by atoms with E-state index in [1.54, 1.807) is 6.92 Å². The fourth-order valence-electron chi connectivity index (χ4n) is 3.06. The SMILES string of the molecule is CC1OC(O)CC(NC(=O)C2CCCN2C(=O)CNC=O)C1O. The molecule has 2 aliphatic heterocycles. The highest BCUT2D eigenvalue weighted by atomic mass is 16.6. The van der Waals surface area contributed by atoms with Gasteiger partial charge in [0.1, 0.15) is 12.1 Å². The zero-order valence-electron chi connectivity index (χ0n) is 13.0. The van der Waals surface area contributed by atoms with E-state index < -0.39 is 30.6 Å². The Morgan fingerprint density at radius 2 is 2.13 bits per heavy atom. The van der Waals surface area contributed by atoms with Crippen molar-refractivity contribution in [2.75, 3.05) is 13.1 Å². The van der Waals surface area contributed by atoms with Gasteiger partial charge in [-0.25, -0.2) is 0 Å². The second kappa shape index (κ2) is 7.71. The highest BCUT2D eigenvalue weighted by molar-refractivity contribution is 5.89. The number of likely N-dealkylation sites (tertiary alicyclic amines) is 1. The molecule has 0 aromatic heterocycles. The van der Waals surface area contributed by atoms with Gasteiger partial charge < -0.3 is 30.5 Å². The average molecular weight is 329 g/mol. The number of rotatable bonds is 5. The van der Waals surface area contributed by atoms with Crippen molar-refractivity contribution in [3.63, 3.8) is 0 Å². The van der Waals surface area contributed by atoms with Crippen molar-refractivity contribution in [2.24, 2.45) is 0 Å². The Bertz CT molecular complexity index is 460. The van der Waals surface area contributed by atoms with E-state index in [2.05, 4.69) is 10.6 Å². The number of nitrogens with zero attached hydrogens (tertiary/aromatic N) is 1.